The second-order valence-corrected chi connectivity index (χ2v) is 12.6. The second-order valence-electron chi connectivity index (χ2n) is 9.67. The predicted octanol–water partition coefficient (Wildman–Crippen LogP) is 6.31. The van der Waals surface area contributed by atoms with E-state index in [1.165, 1.54) is 23.5 Å². The summed E-state index contributed by atoms with van der Waals surface area (Å²) in [6.45, 7) is 1.52. The number of halogens is 3. The normalized spacial score (nSPS) is 15.1. The summed E-state index contributed by atoms with van der Waals surface area (Å²) >= 11 is 1.28. The first-order valence-electron chi connectivity index (χ1n) is 12.2. The minimum absolute atomic E-state index is 0.0699. The quantitative estimate of drug-likeness (QED) is 0.240. The smallest absolute Gasteiger partial charge is 0.302 e. The van der Waals surface area contributed by atoms with Gasteiger partial charge in [-0.25, -0.2) is 13.4 Å². The lowest BCUT2D eigenvalue weighted by atomic mass is 9.91. The van der Waals surface area contributed by atoms with Gasteiger partial charge in [-0.2, -0.15) is 18.3 Å². The SMILES string of the molecule is CN1CC(n2nccc2-c2cc(C(F)(F)F)ccc2-c2cccc3cc(S(=O)(=O)Cc4nccs4)ccc23)C1. The summed E-state index contributed by atoms with van der Waals surface area (Å²) in [5.74, 6) is -0.195. The van der Waals surface area contributed by atoms with Gasteiger partial charge in [0.05, 0.1) is 22.2 Å². The average molecular weight is 569 g/mol. The highest BCUT2D eigenvalue weighted by Gasteiger charge is 2.33. The first-order valence-corrected chi connectivity index (χ1v) is 14.7. The van der Waals surface area contributed by atoms with Gasteiger partial charge in [0.1, 0.15) is 10.8 Å². The maximum absolute atomic E-state index is 13.8. The molecule has 0 atom stereocenters. The lowest BCUT2D eigenvalue weighted by molar-refractivity contribution is -0.137. The molecule has 3 aromatic carbocycles. The van der Waals surface area contributed by atoms with Gasteiger partial charge < -0.3 is 4.90 Å². The molecule has 11 heteroatoms. The van der Waals surface area contributed by atoms with Crippen LogP contribution in [0.1, 0.15) is 16.6 Å². The molecule has 1 aliphatic rings. The molecule has 1 saturated heterocycles. The van der Waals surface area contributed by atoms with Crippen LogP contribution in [-0.4, -0.2) is 48.2 Å². The Morgan fingerprint density at radius 1 is 0.974 bits per heavy atom. The van der Waals surface area contributed by atoms with E-state index in [1.807, 2.05) is 13.1 Å². The van der Waals surface area contributed by atoms with Crippen LogP contribution in [0.3, 0.4) is 0 Å². The number of thiazole rings is 1. The summed E-state index contributed by atoms with van der Waals surface area (Å²) in [5, 5.41) is 8.09. The first-order chi connectivity index (χ1) is 18.6. The number of hydrogen-bond donors (Lipinski definition) is 0. The van der Waals surface area contributed by atoms with Crippen molar-refractivity contribution in [2.45, 2.75) is 22.9 Å². The average Bonchev–Trinajstić information content (AvgIpc) is 3.57. The first kappa shape index (κ1) is 25.7. The molecule has 0 unspecified atom stereocenters. The summed E-state index contributed by atoms with van der Waals surface area (Å²) < 4.78 is 69.2. The van der Waals surface area contributed by atoms with Crippen LogP contribution in [0.5, 0.6) is 0 Å². The van der Waals surface area contributed by atoms with Crippen molar-refractivity contribution in [1.82, 2.24) is 19.7 Å². The number of rotatable bonds is 6. The minimum Gasteiger partial charge on any atom is -0.302 e. The number of nitrogens with zero attached hydrogens (tertiary/aromatic N) is 4. The number of likely N-dealkylation sites (N-methyl/N-ethyl adjacent to an activating group) is 1. The van der Waals surface area contributed by atoms with Gasteiger partial charge in [-0.1, -0.05) is 30.3 Å². The zero-order valence-corrected chi connectivity index (χ0v) is 22.4. The van der Waals surface area contributed by atoms with Gasteiger partial charge in [-0.3, -0.25) is 4.68 Å². The molecule has 0 N–H and O–H groups in total. The summed E-state index contributed by atoms with van der Waals surface area (Å²) in [5.41, 5.74) is 1.61. The standard InChI is InChI=1S/C28H23F3N4O2S2/c1-34-15-20(16-34)35-26(9-10-33-35)25-14-19(28(29,30)31)5-7-24(25)23-4-2-3-18-13-21(6-8-22(18)23)39(36,37)17-27-32-11-12-38-27/h2-14,20H,15-17H2,1H3. The van der Waals surface area contributed by atoms with Crippen LogP contribution < -0.4 is 0 Å². The van der Waals surface area contributed by atoms with Gasteiger partial charge in [0.15, 0.2) is 9.84 Å². The van der Waals surface area contributed by atoms with Crippen LogP contribution >= 0.6 is 11.3 Å². The van der Waals surface area contributed by atoms with E-state index in [4.69, 9.17) is 0 Å². The highest BCUT2D eigenvalue weighted by atomic mass is 32.2. The lowest BCUT2D eigenvalue weighted by Gasteiger charge is -2.37. The molecule has 6 nitrogen and oxygen atoms in total. The largest absolute Gasteiger partial charge is 0.416 e. The van der Waals surface area contributed by atoms with E-state index in [-0.39, 0.29) is 16.7 Å². The van der Waals surface area contributed by atoms with Crippen molar-refractivity contribution in [3.8, 4) is 22.4 Å². The van der Waals surface area contributed by atoms with Crippen LogP contribution in [-0.2, 0) is 21.8 Å². The predicted molar refractivity (Wildman–Crippen MR) is 145 cm³/mol. The Balaban J connectivity index is 1.48. The Hall–Kier alpha value is -3.54. The van der Waals surface area contributed by atoms with Gasteiger partial charge in [0.25, 0.3) is 0 Å². The van der Waals surface area contributed by atoms with Gasteiger partial charge in [0.2, 0.25) is 0 Å². The number of sulfone groups is 1. The van der Waals surface area contributed by atoms with E-state index in [9.17, 15) is 21.6 Å². The second kappa shape index (κ2) is 9.58. The topological polar surface area (TPSA) is 68.1 Å². The van der Waals surface area contributed by atoms with Crippen molar-refractivity contribution in [3.63, 3.8) is 0 Å². The molecule has 0 spiro atoms. The van der Waals surface area contributed by atoms with E-state index >= 15 is 0 Å². The highest BCUT2D eigenvalue weighted by molar-refractivity contribution is 7.90. The Morgan fingerprint density at radius 2 is 1.79 bits per heavy atom. The Labute approximate surface area is 227 Å². The van der Waals surface area contributed by atoms with E-state index in [2.05, 4.69) is 15.0 Å². The maximum atomic E-state index is 13.8. The third-order valence-corrected chi connectivity index (χ3v) is 9.57. The lowest BCUT2D eigenvalue weighted by Crippen LogP contribution is -2.45. The summed E-state index contributed by atoms with van der Waals surface area (Å²) in [6, 6.07) is 15.9. The summed E-state index contributed by atoms with van der Waals surface area (Å²) in [4.78, 5) is 6.37. The number of likely N-dealkylation sites (tertiary alicyclic amines) is 1. The van der Waals surface area contributed by atoms with E-state index in [1.54, 1.807) is 58.9 Å². The van der Waals surface area contributed by atoms with Crippen molar-refractivity contribution >= 4 is 31.9 Å². The molecule has 5 aromatic rings. The third kappa shape index (κ3) is 4.86. The van der Waals surface area contributed by atoms with E-state index in [0.29, 0.717) is 32.8 Å². The van der Waals surface area contributed by atoms with Crippen LogP contribution in [0, 0.1) is 0 Å². The molecular formula is C28H23F3N4O2S2. The van der Waals surface area contributed by atoms with Crippen LogP contribution in [0.2, 0.25) is 0 Å². The molecule has 1 fully saturated rings. The number of benzene rings is 3. The van der Waals surface area contributed by atoms with Crippen molar-refractivity contribution in [2.24, 2.45) is 0 Å². The van der Waals surface area contributed by atoms with E-state index in [0.717, 1.165) is 24.5 Å². The number of hydrogen-bond acceptors (Lipinski definition) is 6. The molecule has 39 heavy (non-hydrogen) atoms. The van der Waals surface area contributed by atoms with Gasteiger partial charge in [-0.05, 0) is 59.3 Å². The molecule has 6 rings (SSSR count). The molecule has 0 bridgehead atoms. The molecule has 2 aromatic heterocycles. The molecule has 0 aliphatic carbocycles. The fraction of sp³-hybridized carbons (Fsp3) is 0.214. The minimum atomic E-state index is -4.51. The van der Waals surface area contributed by atoms with Gasteiger partial charge >= 0.3 is 6.18 Å². The van der Waals surface area contributed by atoms with Crippen LogP contribution in [0.4, 0.5) is 13.2 Å². The Kier molecular flexibility index (Phi) is 6.32. The maximum Gasteiger partial charge on any atom is 0.416 e. The monoisotopic (exact) mass is 568 g/mol. The number of alkyl halides is 3. The van der Waals surface area contributed by atoms with Crippen molar-refractivity contribution in [3.05, 3.63) is 89.0 Å². The number of aromatic nitrogens is 3. The van der Waals surface area contributed by atoms with E-state index < -0.39 is 21.6 Å². The van der Waals surface area contributed by atoms with Crippen molar-refractivity contribution in [2.75, 3.05) is 20.1 Å². The van der Waals surface area contributed by atoms with Crippen molar-refractivity contribution < 1.29 is 21.6 Å². The molecule has 0 amide bonds. The fourth-order valence-electron chi connectivity index (χ4n) is 5.07. The summed E-state index contributed by atoms with van der Waals surface area (Å²) in [7, 11) is -1.64. The Bertz CT molecular complexity index is 1770. The molecule has 0 saturated carbocycles. The molecule has 3 heterocycles. The zero-order valence-electron chi connectivity index (χ0n) is 20.8. The van der Waals surface area contributed by atoms with Crippen LogP contribution in [0.25, 0.3) is 33.2 Å². The molecule has 0 radical (unpaired) electrons. The fourth-order valence-corrected chi connectivity index (χ4v) is 7.35. The zero-order chi connectivity index (χ0) is 27.4. The van der Waals surface area contributed by atoms with Crippen LogP contribution in [0.15, 0.2) is 83.3 Å². The van der Waals surface area contributed by atoms with Crippen molar-refractivity contribution in [1.29, 1.82) is 0 Å². The van der Waals surface area contributed by atoms with Gasteiger partial charge in [-0.15, -0.1) is 11.3 Å². The molecule has 200 valence electrons. The number of fused-ring (bicyclic) bond motifs is 1. The highest BCUT2D eigenvalue weighted by Crippen LogP contribution is 2.41. The Morgan fingerprint density at radius 3 is 2.51 bits per heavy atom. The van der Waals surface area contributed by atoms with Gasteiger partial charge in [0, 0.05) is 36.4 Å². The third-order valence-electron chi connectivity index (χ3n) is 6.98. The summed E-state index contributed by atoms with van der Waals surface area (Å²) in [6.07, 6.45) is -1.33. The molecule has 1 aliphatic heterocycles. The molecular weight excluding hydrogens is 545 g/mol.